The Bertz CT molecular complexity index is 650. The predicted octanol–water partition coefficient (Wildman–Crippen LogP) is 7.26. The Balaban J connectivity index is 1.67. The van der Waals surface area contributed by atoms with Crippen LogP contribution in [0.1, 0.15) is 70.3 Å². The number of benzene rings is 1. The number of nitrogens with zero attached hydrogens (tertiary/aromatic N) is 1. The van der Waals surface area contributed by atoms with Crippen molar-refractivity contribution in [2.45, 2.75) is 70.8 Å². The minimum atomic E-state index is 0.338. The first kappa shape index (κ1) is 18.6. The molecule has 1 heterocycles. The summed E-state index contributed by atoms with van der Waals surface area (Å²) in [6.45, 7) is 2.22. The zero-order valence-electron chi connectivity index (χ0n) is 15.4. The van der Waals surface area contributed by atoms with Crippen LogP contribution in [0, 0.1) is 5.92 Å². The highest BCUT2D eigenvalue weighted by Crippen LogP contribution is 2.29. The summed E-state index contributed by atoms with van der Waals surface area (Å²) in [6.07, 6.45) is 18.8. The average Bonchev–Trinajstić information content (AvgIpc) is 3.12. The molecule has 0 aromatic heterocycles. The minimum Gasteiger partial charge on any atom is -0.281 e. The third kappa shape index (κ3) is 5.17. The van der Waals surface area contributed by atoms with E-state index < -0.39 is 0 Å². The van der Waals surface area contributed by atoms with E-state index in [4.69, 9.17) is 4.99 Å². The molecule has 1 aromatic carbocycles. The van der Waals surface area contributed by atoms with Crippen LogP contribution in [0.4, 0.5) is 0 Å². The van der Waals surface area contributed by atoms with Crippen molar-refractivity contribution in [3.63, 3.8) is 0 Å². The summed E-state index contributed by atoms with van der Waals surface area (Å²) in [5.74, 6) is 0.913. The van der Waals surface area contributed by atoms with Crippen LogP contribution in [0.15, 0.2) is 57.5 Å². The summed E-state index contributed by atoms with van der Waals surface area (Å²) in [5.41, 5.74) is 3.92. The fraction of sp³-hybridized carbons (Fsp3) is 0.522. The Labute approximate surface area is 161 Å². The molecule has 1 atom stereocenters. The van der Waals surface area contributed by atoms with E-state index in [0.29, 0.717) is 6.04 Å². The Morgan fingerprint density at radius 3 is 2.72 bits per heavy atom. The van der Waals surface area contributed by atoms with E-state index in [9.17, 15) is 0 Å². The maximum Gasteiger partial charge on any atom is 0.0753 e. The van der Waals surface area contributed by atoms with Crippen LogP contribution in [-0.2, 0) is 0 Å². The normalized spacial score (nSPS) is 22.6. The second kappa shape index (κ2) is 9.52. The van der Waals surface area contributed by atoms with Gasteiger partial charge in [0.25, 0.3) is 0 Å². The summed E-state index contributed by atoms with van der Waals surface area (Å²) >= 11 is 3.67. The van der Waals surface area contributed by atoms with Crippen LogP contribution in [0.2, 0.25) is 0 Å². The number of hydrogen-bond acceptors (Lipinski definition) is 1. The second-order valence-corrected chi connectivity index (χ2v) is 8.22. The number of rotatable bonds is 6. The molecule has 1 aliphatic carbocycles. The van der Waals surface area contributed by atoms with Crippen LogP contribution in [0.5, 0.6) is 0 Å². The minimum absolute atomic E-state index is 0.338. The molecule has 1 nitrogen and oxygen atoms in total. The van der Waals surface area contributed by atoms with Crippen molar-refractivity contribution in [1.29, 1.82) is 0 Å². The zero-order valence-corrected chi connectivity index (χ0v) is 17.0. The topological polar surface area (TPSA) is 12.4 Å². The van der Waals surface area contributed by atoms with Crippen LogP contribution in [0.3, 0.4) is 0 Å². The molecule has 0 amide bonds. The molecule has 2 heteroatoms. The molecule has 1 unspecified atom stereocenters. The number of allylic oxidation sites excluding steroid dienone is 2. The van der Waals surface area contributed by atoms with E-state index >= 15 is 0 Å². The molecule has 1 aliphatic heterocycles. The van der Waals surface area contributed by atoms with Crippen molar-refractivity contribution in [3.05, 3.63) is 58.1 Å². The fourth-order valence-corrected chi connectivity index (χ4v) is 4.62. The van der Waals surface area contributed by atoms with Crippen LogP contribution < -0.4 is 0 Å². The molecule has 0 N–H and O–H groups in total. The molecule has 3 rings (SSSR count). The molecule has 25 heavy (non-hydrogen) atoms. The highest BCUT2D eigenvalue weighted by atomic mass is 79.9. The molecule has 1 fully saturated rings. The highest BCUT2D eigenvalue weighted by Gasteiger charge is 2.21. The van der Waals surface area contributed by atoms with E-state index in [1.54, 1.807) is 0 Å². The lowest BCUT2D eigenvalue weighted by atomic mass is 9.86. The zero-order chi connectivity index (χ0) is 17.5. The molecular formula is C23H30BrN. The van der Waals surface area contributed by atoms with Crippen LogP contribution >= 0.6 is 15.9 Å². The monoisotopic (exact) mass is 399 g/mol. The van der Waals surface area contributed by atoms with Crippen molar-refractivity contribution in [1.82, 2.24) is 0 Å². The van der Waals surface area contributed by atoms with Crippen molar-refractivity contribution in [2.75, 3.05) is 0 Å². The molecule has 0 bridgehead atoms. The second-order valence-electron chi connectivity index (χ2n) is 7.36. The maximum absolute atomic E-state index is 5.07. The Morgan fingerprint density at radius 1 is 1.16 bits per heavy atom. The summed E-state index contributed by atoms with van der Waals surface area (Å²) in [7, 11) is 0. The highest BCUT2D eigenvalue weighted by molar-refractivity contribution is 9.10. The fourth-order valence-electron chi connectivity index (χ4n) is 4.10. The number of halogens is 1. The van der Waals surface area contributed by atoms with Gasteiger partial charge in [-0.1, -0.05) is 91.4 Å². The van der Waals surface area contributed by atoms with Crippen molar-refractivity contribution < 1.29 is 0 Å². The van der Waals surface area contributed by atoms with Gasteiger partial charge in [-0.05, 0) is 43.2 Å². The van der Waals surface area contributed by atoms with E-state index in [1.807, 2.05) is 0 Å². The third-order valence-electron chi connectivity index (χ3n) is 5.48. The van der Waals surface area contributed by atoms with Gasteiger partial charge < -0.3 is 0 Å². The van der Waals surface area contributed by atoms with Crippen molar-refractivity contribution in [3.8, 4) is 0 Å². The van der Waals surface area contributed by atoms with E-state index in [2.05, 4.69) is 65.3 Å². The van der Waals surface area contributed by atoms with Crippen molar-refractivity contribution in [2.24, 2.45) is 10.9 Å². The van der Waals surface area contributed by atoms with Gasteiger partial charge in [0.1, 0.15) is 0 Å². The SMILES string of the molecule is CC/C=C(\C=C/CC1CCCCC1)C1CCC(c2ccccc2Br)=N1. The lowest BCUT2D eigenvalue weighted by Gasteiger charge is -2.19. The van der Waals surface area contributed by atoms with E-state index in [0.717, 1.165) is 29.7 Å². The van der Waals surface area contributed by atoms with Gasteiger partial charge in [-0.15, -0.1) is 0 Å². The smallest absolute Gasteiger partial charge is 0.0753 e. The summed E-state index contributed by atoms with van der Waals surface area (Å²) in [6, 6.07) is 8.79. The third-order valence-corrected chi connectivity index (χ3v) is 6.17. The van der Waals surface area contributed by atoms with Crippen molar-refractivity contribution >= 4 is 21.6 Å². The average molecular weight is 400 g/mol. The Hall–Kier alpha value is -1.15. The molecular weight excluding hydrogens is 370 g/mol. The van der Waals surface area contributed by atoms with Gasteiger partial charge in [0.05, 0.1) is 6.04 Å². The molecule has 1 aromatic rings. The first-order chi connectivity index (χ1) is 12.3. The number of aliphatic imine (C=N–C) groups is 1. The lowest BCUT2D eigenvalue weighted by Crippen LogP contribution is -2.05. The Morgan fingerprint density at radius 2 is 1.96 bits per heavy atom. The summed E-state index contributed by atoms with van der Waals surface area (Å²) in [5, 5.41) is 0. The van der Waals surface area contributed by atoms with Gasteiger partial charge in [-0.25, -0.2) is 0 Å². The molecule has 1 saturated carbocycles. The van der Waals surface area contributed by atoms with Gasteiger partial charge >= 0.3 is 0 Å². The van der Waals surface area contributed by atoms with Crippen LogP contribution in [0.25, 0.3) is 0 Å². The largest absolute Gasteiger partial charge is 0.281 e. The first-order valence-corrected chi connectivity index (χ1v) is 10.8. The predicted molar refractivity (Wildman–Crippen MR) is 112 cm³/mol. The molecule has 134 valence electrons. The van der Waals surface area contributed by atoms with Gasteiger partial charge in [0.2, 0.25) is 0 Å². The van der Waals surface area contributed by atoms with Gasteiger partial charge in [0, 0.05) is 15.7 Å². The summed E-state index contributed by atoms with van der Waals surface area (Å²) in [4.78, 5) is 5.07. The van der Waals surface area contributed by atoms with Crippen LogP contribution in [-0.4, -0.2) is 11.8 Å². The first-order valence-electron chi connectivity index (χ1n) is 9.96. The molecule has 2 aliphatic rings. The number of hydrogen-bond donors (Lipinski definition) is 0. The maximum atomic E-state index is 5.07. The van der Waals surface area contributed by atoms with Gasteiger partial charge in [-0.3, -0.25) is 4.99 Å². The molecule has 0 spiro atoms. The summed E-state index contributed by atoms with van der Waals surface area (Å²) < 4.78 is 1.16. The molecule has 0 radical (unpaired) electrons. The Kier molecular flexibility index (Phi) is 7.10. The lowest BCUT2D eigenvalue weighted by molar-refractivity contribution is 0.361. The standard InChI is InChI=1S/C23H30BrN/c1-2-9-19(13-8-12-18-10-4-3-5-11-18)22-16-17-23(25-22)20-14-6-7-15-21(20)24/h6-9,13-15,18,22H,2-5,10-12,16-17H2,1H3/b13-8-,19-9+. The van der Waals surface area contributed by atoms with E-state index in [-0.39, 0.29) is 0 Å². The van der Waals surface area contributed by atoms with Gasteiger partial charge in [-0.2, -0.15) is 0 Å². The van der Waals surface area contributed by atoms with E-state index in [1.165, 1.54) is 55.4 Å². The quantitative estimate of drug-likeness (QED) is 0.446. The molecule has 0 saturated heterocycles. The van der Waals surface area contributed by atoms with Gasteiger partial charge in [0.15, 0.2) is 0 Å².